The van der Waals surface area contributed by atoms with Crippen LogP contribution in [0.1, 0.15) is 22.0 Å². The minimum atomic E-state index is -3.27. The second kappa shape index (κ2) is 8.06. The van der Waals surface area contributed by atoms with Gasteiger partial charge in [-0.25, -0.2) is 0 Å². The second-order valence-electron chi connectivity index (χ2n) is 4.96. The summed E-state index contributed by atoms with van der Waals surface area (Å²) in [5.41, 5.74) is 1.38. The van der Waals surface area contributed by atoms with Crippen LogP contribution in [0.2, 0.25) is 0 Å². The molecule has 1 N–H and O–H groups in total. The van der Waals surface area contributed by atoms with E-state index in [1.165, 1.54) is 14.2 Å². The molecule has 0 saturated carbocycles. The molecule has 6 heteroatoms. The van der Waals surface area contributed by atoms with Gasteiger partial charge in [-0.3, -0.25) is 9.36 Å². The summed E-state index contributed by atoms with van der Waals surface area (Å²) in [6.45, 7) is 0. The zero-order chi connectivity index (χ0) is 16.7. The van der Waals surface area contributed by atoms with Crippen molar-refractivity contribution in [2.45, 2.75) is 6.04 Å². The van der Waals surface area contributed by atoms with E-state index in [-0.39, 0.29) is 12.1 Å². The van der Waals surface area contributed by atoms with E-state index >= 15 is 0 Å². The summed E-state index contributed by atoms with van der Waals surface area (Å²) in [5.74, 6) is -0.238. The Bertz CT molecular complexity index is 668. The van der Waals surface area contributed by atoms with Crippen molar-refractivity contribution in [3.8, 4) is 0 Å². The topological polar surface area (TPSA) is 64.6 Å². The van der Waals surface area contributed by atoms with Crippen molar-refractivity contribution in [2.24, 2.45) is 0 Å². The van der Waals surface area contributed by atoms with Crippen LogP contribution in [0.4, 0.5) is 0 Å². The molecule has 0 unspecified atom stereocenters. The number of amides is 1. The van der Waals surface area contributed by atoms with Crippen molar-refractivity contribution in [1.29, 1.82) is 0 Å². The van der Waals surface area contributed by atoms with Gasteiger partial charge in [0, 0.05) is 19.8 Å². The molecule has 0 spiro atoms. The predicted octanol–water partition coefficient (Wildman–Crippen LogP) is 3.64. The summed E-state index contributed by atoms with van der Waals surface area (Å²) >= 11 is 0. The summed E-state index contributed by atoms with van der Waals surface area (Å²) in [5, 5.41) is 2.90. The van der Waals surface area contributed by atoms with Crippen molar-refractivity contribution in [3.63, 3.8) is 0 Å². The summed E-state index contributed by atoms with van der Waals surface area (Å²) in [6, 6.07) is 17.7. The maximum Gasteiger partial charge on any atom is 0.332 e. The first kappa shape index (κ1) is 17.4. The predicted molar refractivity (Wildman–Crippen MR) is 89.6 cm³/mol. The van der Waals surface area contributed by atoms with E-state index in [9.17, 15) is 9.36 Å². The Morgan fingerprint density at radius 1 is 1.00 bits per heavy atom. The van der Waals surface area contributed by atoms with Gasteiger partial charge < -0.3 is 14.4 Å². The molecule has 1 atom stereocenters. The van der Waals surface area contributed by atoms with E-state index in [4.69, 9.17) is 9.05 Å². The van der Waals surface area contributed by atoms with E-state index in [0.717, 1.165) is 5.56 Å². The number of hydrogen-bond donors (Lipinski definition) is 1. The van der Waals surface area contributed by atoms with Gasteiger partial charge >= 0.3 is 7.60 Å². The standard InChI is InChI=1S/C17H20NO4P/c1-21-23(20,22-2)13-16(14-9-5-3-6-10-14)18-17(19)15-11-7-4-8-12-15/h3-12,16H,13H2,1-2H3,(H,18,19)/t16-/m0/s1. The van der Waals surface area contributed by atoms with E-state index in [0.29, 0.717) is 5.56 Å². The van der Waals surface area contributed by atoms with Gasteiger partial charge in [-0.15, -0.1) is 0 Å². The largest absolute Gasteiger partial charge is 0.345 e. The molecule has 0 bridgehead atoms. The number of nitrogens with one attached hydrogen (secondary N) is 1. The molecule has 0 saturated heterocycles. The van der Waals surface area contributed by atoms with Gasteiger partial charge in [0.1, 0.15) is 0 Å². The van der Waals surface area contributed by atoms with Crippen molar-refractivity contribution in [2.75, 3.05) is 20.4 Å². The molecule has 1 amide bonds. The normalized spacial score (nSPS) is 12.6. The van der Waals surface area contributed by atoms with Crippen LogP contribution >= 0.6 is 7.60 Å². The Balaban J connectivity index is 2.24. The van der Waals surface area contributed by atoms with Gasteiger partial charge in [0.2, 0.25) is 0 Å². The molecule has 5 nitrogen and oxygen atoms in total. The highest BCUT2D eigenvalue weighted by atomic mass is 31.2. The number of rotatable bonds is 7. The monoisotopic (exact) mass is 333 g/mol. The zero-order valence-corrected chi connectivity index (χ0v) is 14.0. The molecule has 0 aromatic heterocycles. The first-order chi connectivity index (χ1) is 11.1. The fourth-order valence-electron chi connectivity index (χ4n) is 2.20. The molecule has 0 radical (unpaired) electrons. The van der Waals surface area contributed by atoms with Gasteiger partial charge in [-0.1, -0.05) is 48.5 Å². The Morgan fingerprint density at radius 3 is 2.04 bits per heavy atom. The van der Waals surface area contributed by atoms with Crippen molar-refractivity contribution >= 4 is 13.5 Å². The molecule has 0 aliphatic carbocycles. The van der Waals surface area contributed by atoms with Crippen LogP contribution in [0.5, 0.6) is 0 Å². The summed E-state index contributed by atoms with van der Waals surface area (Å²) < 4.78 is 22.5. The summed E-state index contributed by atoms with van der Waals surface area (Å²) in [4.78, 5) is 12.4. The quantitative estimate of drug-likeness (QED) is 0.786. The van der Waals surface area contributed by atoms with Crippen LogP contribution in [0.15, 0.2) is 60.7 Å². The highest BCUT2D eigenvalue weighted by molar-refractivity contribution is 7.53. The van der Waals surface area contributed by atoms with Crippen molar-refractivity contribution in [3.05, 3.63) is 71.8 Å². The minimum absolute atomic E-state index is 0.0581. The van der Waals surface area contributed by atoms with Crippen LogP contribution in [-0.2, 0) is 13.6 Å². The Hall–Kier alpha value is -1.94. The second-order valence-corrected chi connectivity index (χ2v) is 7.28. The third-order valence-corrected chi connectivity index (χ3v) is 5.43. The summed E-state index contributed by atoms with van der Waals surface area (Å²) in [7, 11) is -0.588. The molecule has 2 rings (SSSR count). The molecule has 2 aromatic carbocycles. The van der Waals surface area contributed by atoms with E-state index in [1.54, 1.807) is 24.3 Å². The lowest BCUT2D eigenvalue weighted by atomic mass is 10.1. The SMILES string of the molecule is COP(=O)(C[C@H](NC(=O)c1ccccc1)c1ccccc1)OC. The molecule has 0 fully saturated rings. The first-order valence-electron chi connectivity index (χ1n) is 7.19. The third kappa shape index (κ3) is 4.76. The van der Waals surface area contributed by atoms with Crippen molar-refractivity contribution in [1.82, 2.24) is 5.32 Å². The highest BCUT2D eigenvalue weighted by Gasteiger charge is 2.29. The minimum Gasteiger partial charge on any atom is -0.345 e. The van der Waals surface area contributed by atoms with E-state index in [2.05, 4.69) is 5.32 Å². The molecule has 2 aromatic rings. The van der Waals surface area contributed by atoms with Gasteiger partial charge in [-0.05, 0) is 17.7 Å². The molecule has 122 valence electrons. The molecule has 0 aliphatic heterocycles. The van der Waals surface area contributed by atoms with E-state index < -0.39 is 13.6 Å². The fraction of sp³-hybridized carbons (Fsp3) is 0.235. The molecule has 0 aliphatic rings. The van der Waals surface area contributed by atoms with Crippen LogP contribution in [0.25, 0.3) is 0 Å². The van der Waals surface area contributed by atoms with Crippen LogP contribution < -0.4 is 5.32 Å². The van der Waals surface area contributed by atoms with Gasteiger partial charge in [-0.2, -0.15) is 0 Å². The number of hydrogen-bond acceptors (Lipinski definition) is 4. The maximum absolute atomic E-state index is 12.5. The fourth-order valence-corrected chi connectivity index (χ4v) is 3.39. The average molecular weight is 333 g/mol. The lowest BCUT2D eigenvalue weighted by Gasteiger charge is -2.23. The lowest BCUT2D eigenvalue weighted by molar-refractivity contribution is 0.0939. The smallest absolute Gasteiger partial charge is 0.332 e. The Labute approximate surface area is 136 Å². The third-order valence-electron chi connectivity index (χ3n) is 3.51. The molecule has 23 heavy (non-hydrogen) atoms. The Kier molecular flexibility index (Phi) is 6.11. The van der Waals surface area contributed by atoms with Crippen LogP contribution in [0, 0.1) is 0 Å². The number of carbonyl (C=O) groups is 1. The highest BCUT2D eigenvalue weighted by Crippen LogP contribution is 2.49. The molecular weight excluding hydrogens is 313 g/mol. The number of carbonyl (C=O) groups excluding carboxylic acids is 1. The van der Waals surface area contributed by atoms with Crippen LogP contribution in [-0.4, -0.2) is 26.3 Å². The van der Waals surface area contributed by atoms with Crippen molar-refractivity contribution < 1.29 is 18.4 Å². The van der Waals surface area contributed by atoms with Gasteiger partial charge in [0.05, 0.1) is 12.2 Å². The van der Waals surface area contributed by atoms with E-state index in [1.807, 2.05) is 36.4 Å². The average Bonchev–Trinajstić information content (AvgIpc) is 2.62. The lowest BCUT2D eigenvalue weighted by Crippen LogP contribution is -2.31. The maximum atomic E-state index is 12.5. The Morgan fingerprint density at radius 2 is 1.52 bits per heavy atom. The number of benzene rings is 2. The molecular formula is C17H20NO4P. The van der Waals surface area contributed by atoms with Crippen LogP contribution in [0.3, 0.4) is 0 Å². The van der Waals surface area contributed by atoms with Gasteiger partial charge in [0.15, 0.2) is 0 Å². The first-order valence-corrected chi connectivity index (χ1v) is 8.92. The summed E-state index contributed by atoms with van der Waals surface area (Å²) in [6.07, 6.45) is 0.0581. The van der Waals surface area contributed by atoms with Gasteiger partial charge in [0.25, 0.3) is 5.91 Å². The molecule has 0 heterocycles. The zero-order valence-electron chi connectivity index (χ0n) is 13.1.